The zero-order valence-electron chi connectivity index (χ0n) is 22.7. The molecule has 3 heteroatoms. The summed E-state index contributed by atoms with van der Waals surface area (Å²) in [4.78, 5) is 8.62. The lowest BCUT2D eigenvalue weighted by Crippen LogP contribution is -2.59. The Bertz CT molecular complexity index is 636. The molecule has 4 aliphatic rings. The van der Waals surface area contributed by atoms with E-state index < -0.39 is 0 Å². The minimum Gasteiger partial charge on any atom is -0.311 e. The van der Waals surface area contributed by atoms with Crippen molar-refractivity contribution in [1.82, 2.24) is 14.7 Å². The number of nitrogens with zero attached hydrogens (tertiary/aromatic N) is 3. The SMILES string of the molecule is CC(C)=C1N(C2CCCCC2)C(=C(C)C)N(C2CCCCC2)C(=C(C)C)N1C1CCCCC1. The van der Waals surface area contributed by atoms with Crippen LogP contribution in [0, 0.1) is 0 Å². The van der Waals surface area contributed by atoms with Gasteiger partial charge in [0.15, 0.2) is 0 Å². The summed E-state index contributed by atoms with van der Waals surface area (Å²) in [5.74, 6) is 4.61. The maximum atomic E-state index is 2.87. The van der Waals surface area contributed by atoms with Gasteiger partial charge in [-0.25, -0.2) is 0 Å². The molecule has 1 heterocycles. The summed E-state index contributed by atoms with van der Waals surface area (Å²) in [5.41, 5.74) is 4.48. The Hall–Kier alpha value is -1.38. The van der Waals surface area contributed by atoms with Gasteiger partial charge in [0.2, 0.25) is 0 Å². The zero-order chi connectivity index (χ0) is 23.5. The summed E-state index contributed by atoms with van der Waals surface area (Å²) in [6, 6.07) is 1.93. The van der Waals surface area contributed by atoms with Gasteiger partial charge in [-0.15, -0.1) is 0 Å². The average molecular weight is 454 g/mol. The molecule has 0 radical (unpaired) electrons. The Morgan fingerprint density at radius 2 is 0.606 bits per heavy atom. The van der Waals surface area contributed by atoms with Gasteiger partial charge in [-0.2, -0.15) is 0 Å². The molecule has 0 aromatic heterocycles. The van der Waals surface area contributed by atoms with E-state index >= 15 is 0 Å². The molecule has 186 valence electrons. The van der Waals surface area contributed by atoms with E-state index in [-0.39, 0.29) is 0 Å². The quantitative estimate of drug-likeness (QED) is 0.423. The molecule has 0 aromatic rings. The molecule has 3 aliphatic carbocycles. The Balaban J connectivity index is 1.92. The molecular formula is C30H51N3. The first kappa shape index (κ1) is 24.7. The molecule has 4 fully saturated rings. The number of hydrogen-bond acceptors (Lipinski definition) is 3. The van der Waals surface area contributed by atoms with Gasteiger partial charge in [-0.3, -0.25) is 0 Å². The normalized spacial score (nSPS) is 24.5. The second-order valence-corrected chi connectivity index (χ2v) is 12.0. The first-order valence-electron chi connectivity index (χ1n) is 14.3. The van der Waals surface area contributed by atoms with Crippen LogP contribution < -0.4 is 0 Å². The van der Waals surface area contributed by atoms with Gasteiger partial charge >= 0.3 is 0 Å². The summed E-state index contributed by atoms with van der Waals surface area (Å²) in [6.07, 6.45) is 20.6. The van der Waals surface area contributed by atoms with Crippen molar-refractivity contribution in [1.29, 1.82) is 0 Å². The monoisotopic (exact) mass is 453 g/mol. The van der Waals surface area contributed by atoms with Crippen molar-refractivity contribution in [3.8, 4) is 0 Å². The molecule has 33 heavy (non-hydrogen) atoms. The smallest absolute Gasteiger partial charge is 0.114 e. The molecule has 0 unspecified atom stereocenters. The lowest BCUT2D eigenvalue weighted by Gasteiger charge is -2.58. The van der Waals surface area contributed by atoms with Gasteiger partial charge in [-0.1, -0.05) is 57.8 Å². The standard InChI is InChI=1S/C30H51N3/c1-22(2)28-31(25-16-10-7-11-17-25)29(23(3)4)33(27-20-14-9-15-21-27)30(24(5)6)32(28)26-18-12-8-13-19-26/h25-27H,7-21H2,1-6H3. The maximum Gasteiger partial charge on any atom is 0.114 e. The molecule has 0 spiro atoms. The van der Waals surface area contributed by atoms with E-state index in [1.165, 1.54) is 130 Å². The molecule has 3 nitrogen and oxygen atoms in total. The van der Waals surface area contributed by atoms with E-state index in [1.54, 1.807) is 0 Å². The van der Waals surface area contributed by atoms with Crippen molar-refractivity contribution in [3.05, 3.63) is 34.2 Å². The van der Waals surface area contributed by atoms with Crippen LogP contribution in [0.4, 0.5) is 0 Å². The van der Waals surface area contributed by atoms with Crippen LogP contribution in [0.5, 0.6) is 0 Å². The molecule has 0 bridgehead atoms. The Kier molecular flexibility index (Phi) is 8.18. The predicted octanol–water partition coefficient (Wildman–Crippen LogP) is 8.66. The molecule has 0 atom stereocenters. The van der Waals surface area contributed by atoms with Crippen molar-refractivity contribution < 1.29 is 0 Å². The van der Waals surface area contributed by atoms with Gasteiger partial charge in [0.25, 0.3) is 0 Å². The first-order valence-corrected chi connectivity index (χ1v) is 14.3. The van der Waals surface area contributed by atoms with Crippen LogP contribution in [0.15, 0.2) is 34.2 Å². The van der Waals surface area contributed by atoms with Gasteiger partial charge in [0.1, 0.15) is 17.5 Å². The molecule has 0 amide bonds. The fourth-order valence-electron chi connectivity index (χ4n) is 7.15. The molecule has 3 saturated carbocycles. The van der Waals surface area contributed by atoms with Crippen molar-refractivity contribution in [2.24, 2.45) is 0 Å². The van der Waals surface area contributed by atoms with Crippen molar-refractivity contribution in [3.63, 3.8) is 0 Å². The lowest BCUT2D eigenvalue weighted by atomic mass is 9.89. The summed E-state index contributed by atoms with van der Waals surface area (Å²) < 4.78 is 0. The zero-order valence-corrected chi connectivity index (χ0v) is 22.7. The molecule has 0 aromatic carbocycles. The highest BCUT2D eigenvalue weighted by Gasteiger charge is 2.45. The van der Waals surface area contributed by atoms with E-state index in [0.29, 0.717) is 18.1 Å². The molecular weight excluding hydrogens is 402 g/mol. The third-order valence-electron chi connectivity index (χ3n) is 8.53. The van der Waals surface area contributed by atoms with E-state index in [9.17, 15) is 0 Å². The van der Waals surface area contributed by atoms with Crippen LogP contribution >= 0.6 is 0 Å². The van der Waals surface area contributed by atoms with Crippen LogP contribution in [-0.4, -0.2) is 32.8 Å². The highest BCUT2D eigenvalue weighted by atomic mass is 15.6. The molecule has 0 N–H and O–H groups in total. The summed E-state index contributed by atoms with van der Waals surface area (Å²) in [6.45, 7) is 14.3. The number of rotatable bonds is 3. The Labute approximate surface area is 205 Å². The van der Waals surface area contributed by atoms with Gasteiger partial charge in [0, 0.05) is 18.1 Å². The summed E-state index contributed by atoms with van der Waals surface area (Å²) >= 11 is 0. The van der Waals surface area contributed by atoms with Gasteiger partial charge < -0.3 is 14.7 Å². The Morgan fingerprint density at radius 3 is 0.788 bits per heavy atom. The van der Waals surface area contributed by atoms with Crippen LogP contribution in [0.1, 0.15) is 138 Å². The minimum atomic E-state index is 0.643. The van der Waals surface area contributed by atoms with Crippen molar-refractivity contribution in [2.75, 3.05) is 0 Å². The highest BCUT2D eigenvalue weighted by Crippen LogP contribution is 2.47. The van der Waals surface area contributed by atoms with E-state index in [2.05, 4.69) is 56.2 Å². The summed E-state index contributed by atoms with van der Waals surface area (Å²) in [7, 11) is 0. The Morgan fingerprint density at radius 1 is 0.394 bits per heavy atom. The molecule has 1 saturated heterocycles. The lowest BCUT2D eigenvalue weighted by molar-refractivity contribution is 0.0233. The van der Waals surface area contributed by atoms with Crippen molar-refractivity contribution >= 4 is 0 Å². The number of hydrogen-bond donors (Lipinski definition) is 0. The predicted molar refractivity (Wildman–Crippen MR) is 141 cm³/mol. The third-order valence-corrected chi connectivity index (χ3v) is 8.53. The fraction of sp³-hybridized carbons (Fsp3) is 0.800. The third kappa shape index (κ3) is 5.03. The largest absolute Gasteiger partial charge is 0.311 e. The van der Waals surface area contributed by atoms with Crippen LogP contribution in [0.3, 0.4) is 0 Å². The minimum absolute atomic E-state index is 0.643. The highest BCUT2D eigenvalue weighted by molar-refractivity contribution is 5.35. The van der Waals surface area contributed by atoms with Gasteiger partial charge in [-0.05, 0) is 96.8 Å². The van der Waals surface area contributed by atoms with Crippen LogP contribution in [-0.2, 0) is 0 Å². The maximum absolute atomic E-state index is 2.87. The van der Waals surface area contributed by atoms with E-state index in [1.807, 2.05) is 0 Å². The average Bonchev–Trinajstić information content (AvgIpc) is 2.83. The topological polar surface area (TPSA) is 9.72 Å². The van der Waals surface area contributed by atoms with E-state index in [0.717, 1.165) is 0 Å². The van der Waals surface area contributed by atoms with Gasteiger partial charge in [0.05, 0.1) is 0 Å². The van der Waals surface area contributed by atoms with Crippen molar-refractivity contribution in [2.45, 2.75) is 156 Å². The molecule has 4 rings (SSSR count). The second-order valence-electron chi connectivity index (χ2n) is 12.0. The fourth-order valence-corrected chi connectivity index (χ4v) is 7.15. The summed E-state index contributed by atoms with van der Waals surface area (Å²) in [5, 5.41) is 0. The second kappa shape index (κ2) is 10.9. The molecule has 1 aliphatic heterocycles. The van der Waals surface area contributed by atoms with Crippen LogP contribution in [0.25, 0.3) is 0 Å². The van der Waals surface area contributed by atoms with E-state index in [4.69, 9.17) is 0 Å². The number of allylic oxidation sites excluding steroid dienone is 3. The first-order chi connectivity index (χ1) is 15.9. The van der Waals surface area contributed by atoms with Crippen LogP contribution in [0.2, 0.25) is 0 Å².